The van der Waals surface area contributed by atoms with Gasteiger partial charge in [0.1, 0.15) is 0 Å². The third kappa shape index (κ3) is 1.64. The zero-order valence-corrected chi connectivity index (χ0v) is 8.08. The topological polar surface area (TPSA) is 75.3 Å². The molecule has 0 fully saturated rings. The Balaban J connectivity index is 2.76. The Kier molecular flexibility index (Phi) is 2.30. The molecular formula is C9H9BN2O3. The summed E-state index contributed by atoms with van der Waals surface area (Å²) in [5.74, 6) is 0. The third-order valence-corrected chi connectivity index (χ3v) is 2.27. The van der Waals surface area contributed by atoms with Crippen molar-refractivity contribution in [3.63, 3.8) is 0 Å². The second kappa shape index (κ2) is 3.49. The van der Waals surface area contributed by atoms with Crippen LogP contribution in [0.3, 0.4) is 0 Å². The minimum Gasteiger partial charge on any atom is -0.423 e. The van der Waals surface area contributed by atoms with Gasteiger partial charge in [-0.15, -0.1) is 0 Å². The molecule has 0 radical (unpaired) electrons. The lowest BCUT2D eigenvalue weighted by Gasteiger charge is -2.02. The lowest BCUT2D eigenvalue weighted by molar-refractivity contribution is 0.426. The summed E-state index contributed by atoms with van der Waals surface area (Å²) in [6.45, 7) is 0. The van der Waals surface area contributed by atoms with Gasteiger partial charge in [-0.2, -0.15) is 5.10 Å². The van der Waals surface area contributed by atoms with Crippen molar-refractivity contribution in [3.8, 4) is 0 Å². The van der Waals surface area contributed by atoms with Crippen LogP contribution in [0.1, 0.15) is 0 Å². The van der Waals surface area contributed by atoms with E-state index in [9.17, 15) is 4.79 Å². The molecule has 0 bridgehead atoms. The predicted octanol–water partition coefficient (Wildman–Crippen LogP) is -1.39. The summed E-state index contributed by atoms with van der Waals surface area (Å²) in [6, 6.07) is 4.61. The Labute approximate surface area is 85.7 Å². The van der Waals surface area contributed by atoms with E-state index >= 15 is 0 Å². The smallest absolute Gasteiger partial charge is 0.423 e. The summed E-state index contributed by atoms with van der Waals surface area (Å²) in [5, 5.41) is 22.9. The average Bonchev–Trinajstić information content (AvgIpc) is 2.23. The van der Waals surface area contributed by atoms with Crippen LogP contribution >= 0.6 is 0 Å². The highest BCUT2D eigenvalue weighted by atomic mass is 16.4. The van der Waals surface area contributed by atoms with Crippen molar-refractivity contribution in [1.29, 1.82) is 0 Å². The van der Waals surface area contributed by atoms with E-state index in [2.05, 4.69) is 5.10 Å². The van der Waals surface area contributed by atoms with E-state index in [1.54, 1.807) is 13.1 Å². The van der Waals surface area contributed by atoms with Crippen LogP contribution in [0.2, 0.25) is 0 Å². The first-order valence-electron chi connectivity index (χ1n) is 4.41. The Morgan fingerprint density at radius 3 is 2.80 bits per heavy atom. The van der Waals surface area contributed by atoms with Gasteiger partial charge in [-0.05, 0) is 11.5 Å². The molecule has 15 heavy (non-hydrogen) atoms. The summed E-state index contributed by atoms with van der Waals surface area (Å²) >= 11 is 0. The predicted molar refractivity (Wildman–Crippen MR) is 56.8 cm³/mol. The Bertz CT molecular complexity index is 565. The van der Waals surface area contributed by atoms with E-state index in [1.807, 2.05) is 0 Å². The van der Waals surface area contributed by atoms with Gasteiger partial charge in [-0.1, -0.05) is 12.1 Å². The van der Waals surface area contributed by atoms with Crippen LogP contribution in [0.5, 0.6) is 0 Å². The molecule has 2 N–H and O–H groups in total. The maximum absolute atomic E-state index is 11.6. The van der Waals surface area contributed by atoms with Crippen LogP contribution in [0.15, 0.2) is 29.2 Å². The van der Waals surface area contributed by atoms with Crippen molar-refractivity contribution >= 4 is 23.4 Å². The van der Waals surface area contributed by atoms with Crippen molar-refractivity contribution in [2.24, 2.45) is 7.05 Å². The van der Waals surface area contributed by atoms with Crippen molar-refractivity contribution in [3.05, 3.63) is 34.7 Å². The van der Waals surface area contributed by atoms with Crippen molar-refractivity contribution in [2.75, 3.05) is 0 Å². The van der Waals surface area contributed by atoms with Crippen molar-refractivity contribution < 1.29 is 10.0 Å². The Morgan fingerprint density at radius 1 is 1.40 bits per heavy atom. The molecule has 0 spiro atoms. The fourth-order valence-corrected chi connectivity index (χ4v) is 1.42. The van der Waals surface area contributed by atoms with Gasteiger partial charge >= 0.3 is 7.12 Å². The fourth-order valence-electron chi connectivity index (χ4n) is 1.42. The van der Waals surface area contributed by atoms with Crippen LogP contribution in [-0.2, 0) is 7.05 Å². The van der Waals surface area contributed by atoms with E-state index in [4.69, 9.17) is 10.0 Å². The monoisotopic (exact) mass is 204 g/mol. The van der Waals surface area contributed by atoms with Gasteiger partial charge in [-0.3, -0.25) is 4.79 Å². The summed E-state index contributed by atoms with van der Waals surface area (Å²) in [4.78, 5) is 11.6. The van der Waals surface area contributed by atoms with Gasteiger partial charge in [0.15, 0.2) is 0 Å². The van der Waals surface area contributed by atoms with Gasteiger partial charge in [0, 0.05) is 12.4 Å². The molecule has 1 heterocycles. The van der Waals surface area contributed by atoms with Crippen LogP contribution < -0.4 is 11.0 Å². The lowest BCUT2D eigenvalue weighted by Crippen LogP contribution is -2.30. The zero-order valence-electron chi connectivity index (χ0n) is 8.08. The van der Waals surface area contributed by atoms with Gasteiger partial charge < -0.3 is 10.0 Å². The molecule has 1 aromatic heterocycles. The second-order valence-corrected chi connectivity index (χ2v) is 3.29. The zero-order chi connectivity index (χ0) is 11.0. The van der Waals surface area contributed by atoms with Crippen LogP contribution in [0.4, 0.5) is 0 Å². The molecule has 6 heteroatoms. The molecule has 0 saturated heterocycles. The first-order valence-corrected chi connectivity index (χ1v) is 4.41. The molecule has 0 unspecified atom stereocenters. The maximum atomic E-state index is 11.6. The number of fused-ring (bicyclic) bond motifs is 1. The number of benzene rings is 1. The minimum absolute atomic E-state index is 0.202. The number of nitrogens with zero attached hydrogens (tertiary/aromatic N) is 2. The highest BCUT2D eigenvalue weighted by Crippen LogP contribution is 2.05. The first kappa shape index (κ1) is 9.88. The molecule has 2 aromatic rings. The molecule has 0 atom stereocenters. The summed E-state index contributed by atoms with van der Waals surface area (Å²) in [5.41, 5.74) is 0.143. The fraction of sp³-hybridized carbons (Fsp3) is 0.111. The van der Waals surface area contributed by atoms with E-state index in [0.717, 1.165) is 0 Å². The lowest BCUT2D eigenvalue weighted by atomic mass is 9.80. The van der Waals surface area contributed by atoms with E-state index < -0.39 is 7.12 Å². The molecule has 0 aliphatic rings. The Morgan fingerprint density at radius 2 is 2.13 bits per heavy atom. The third-order valence-electron chi connectivity index (χ3n) is 2.27. The van der Waals surface area contributed by atoms with E-state index in [1.165, 1.54) is 23.0 Å². The van der Waals surface area contributed by atoms with Gasteiger partial charge in [-0.25, -0.2) is 4.68 Å². The molecule has 0 saturated carbocycles. The molecular weight excluding hydrogens is 195 g/mol. The Hall–Kier alpha value is -1.66. The maximum Gasteiger partial charge on any atom is 0.488 e. The molecule has 1 aromatic carbocycles. The van der Waals surface area contributed by atoms with Crippen molar-refractivity contribution in [2.45, 2.75) is 0 Å². The van der Waals surface area contributed by atoms with Crippen LogP contribution in [0.25, 0.3) is 10.8 Å². The largest absolute Gasteiger partial charge is 0.488 e. The van der Waals surface area contributed by atoms with Gasteiger partial charge in [0.25, 0.3) is 5.56 Å². The first-order chi connectivity index (χ1) is 7.09. The highest BCUT2D eigenvalue weighted by Gasteiger charge is 2.11. The molecule has 5 nitrogen and oxygen atoms in total. The minimum atomic E-state index is -1.53. The normalized spacial score (nSPS) is 10.6. The molecule has 76 valence electrons. The van der Waals surface area contributed by atoms with E-state index in [-0.39, 0.29) is 5.56 Å². The van der Waals surface area contributed by atoms with Crippen LogP contribution in [0, 0.1) is 0 Å². The van der Waals surface area contributed by atoms with Gasteiger partial charge in [0.2, 0.25) is 0 Å². The molecule has 0 aliphatic heterocycles. The average molecular weight is 204 g/mol. The molecule has 2 rings (SSSR count). The second-order valence-electron chi connectivity index (χ2n) is 3.29. The summed E-state index contributed by atoms with van der Waals surface area (Å²) < 4.78 is 1.23. The molecule has 0 aliphatic carbocycles. The number of hydrogen-bond acceptors (Lipinski definition) is 4. The summed E-state index contributed by atoms with van der Waals surface area (Å²) in [7, 11) is 0.0368. The molecule has 0 amide bonds. The van der Waals surface area contributed by atoms with E-state index in [0.29, 0.717) is 16.2 Å². The number of aromatic nitrogens is 2. The number of aryl methyl sites for hydroxylation is 1. The number of hydrogen-bond donors (Lipinski definition) is 2. The number of rotatable bonds is 1. The summed E-state index contributed by atoms with van der Waals surface area (Å²) in [6.07, 6.45) is 1.52. The standard InChI is InChI=1S/C9H9BN2O3/c1-12-9(13)8-3-2-7(10(14)15)4-6(8)5-11-12/h2-5,14-15H,1H3. The highest BCUT2D eigenvalue weighted by molar-refractivity contribution is 6.58. The van der Waals surface area contributed by atoms with Gasteiger partial charge in [0.05, 0.1) is 11.6 Å². The van der Waals surface area contributed by atoms with Crippen molar-refractivity contribution in [1.82, 2.24) is 9.78 Å². The SMILES string of the molecule is Cn1ncc2cc(B(O)O)ccc2c1=O. The van der Waals surface area contributed by atoms with Crippen LogP contribution in [-0.4, -0.2) is 26.9 Å². The quantitative estimate of drug-likeness (QED) is 0.561.